The molecular weight excluding hydrogens is 508 g/mol. The van der Waals surface area contributed by atoms with Crippen LogP contribution in [0.1, 0.15) is 57.2 Å². The van der Waals surface area contributed by atoms with E-state index < -0.39 is 27.8 Å². The molecule has 2 aliphatic rings. The largest absolute Gasteiger partial charge is 0.506 e. The van der Waals surface area contributed by atoms with Gasteiger partial charge >= 0.3 is 0 Å². The average molecular weight is 547 g/mol. The van der Waals surface area contributed by atoms with Crippen LogP contribution in [0.2, 0.25) is 0 Å². The van der Waals surface area contributed by atoms with E-state index in [1.165, 1.54) is 0 Å². The zero-order valence-corrected chi connectivity index (χ0v) is 24.3. The van der Waals surface area contributed by atoms with Crippen molar-refractivity contribution < 1.29 is 19.5 Å². The molecule has 1 N–H and O–H groups in total. The van der Waals surface area contributed by atoms with Crippen molar-refractivity contribution in [2.75, 3.05) is 0 Å². The van der Waals surface area contributed by atoms with Crippen molar-refractivity contribution in [3.8, 4) is 0 Å². The maximum absolute atomic E-state index is 15.0. The first-order valence-electron chi connectivity index (χ1n) is 14.4. The Balaban J connectivity index is 1.81. The first kappa shape index (κ1) is 28.5. The van der Waals surface area contributed by atoms with Gasteiger partial charge in [0.1, 0.15) is 16.7 Å². The third-order valence-electron chi connectivity index (χ3n) is 9.59. The van der Waals surface area contributed by atoms with Gasteiger partial charge in [-0.1, -0.05) is 116 Å². The number of hydrogen-bond acceptors (Lipinski definition) is 4. The first-order valence-corrected chi connectivity index (χ1v) is 14.4. The number of carbonyl (C=O) groups excluding carboxylic acids is 3. The van der Waals surface area contributed by atoms with Crippen LogP contribution in [0.4, 0.5) is 0 Å². The molecule has 0 heterocycles. The van der Waals surface area contributed by atoms with E-state index in [-0.39, 0.29) is 35.9 Å². The highest BCUT2D eigenvalue weighted by Crippen LogP contribution is 2.65. The molecule has 0 aliphatic heterocycles. The fraction of sp³-hybridized carbons (Fsp3) is 0.324. The van der Waals surface area contributed by atoms with Crippen molar-refractivity contribution in [2.24, 2.45) is 22.2 Å². The third-order valence-corrected chi connectivity index (χ3v) is 9.59. The summed E-state index contributed by atoms with van der Waals surface area (Å²) in [4.78, 5) is 44.6. The lowest BCUT2D eigenvalue weighted by Crippen LogP contribution is -2.70. The van der Waals surface area contributed by atoms with Crippen LogP contribution in [-0.4, -0.2) is 22.5 Å². The maximum Gasteiger partial charge on any atom is 0.184 e. The lowest BCUT2D eigenvalue weighted by molar-refractivity contribution is -0.176. The van der Waals surface area contributed by atoms with Gasteiger partial charge in [0.25, 0.3) is 0 Å². The first-order chi connectivity index (χ1) is 19.5. The summed E-state index contributed by atoms with van der Waals surface area (Å²) in [6, 6.07) is 28.3. The number of ketones is 3. The number of Topliss-reactive ketones (excluding diaryl/α,β-unsaturated/α-hetero) is 3. The Hall–Kier alpha value is -4.05. The number of fused-ring (bicyclic) bond motifs is 2. The number of aliphatic hydroxyl groups is 1. The highest BCUT2D eigenvalue weighted by molar-refractivity contribution is 6.41. The van der Waals surface area contributed by atoms with Gasteiger partial charge in [-0.3, -0.25) is 14.4 Å². The Morgan fingerprint density at radius 1 is 0.805 bits per heavy atom. The number of rotatable bonds is 7. The molecule has 2 fully saturated rings. The molecule has 3 aromatic carbocycles. The second kappa shape index (κ2) is 10.7. The zero-order chi connectivity index (χ0) is 29.4. The summed E-state index contributed by atoms with van der Waals surface area (Å²) in [6.07, 6.45) is 3.25. The van der Waals surface area contributed by atoms with Crippen LogP contribution in [0.5, 0.6) is 0 Å². The van der Waals surface area contributed by atoms with Gasteiger partial charge in [0, 0.05) is 5.56 Å². The normalized spacial score (nSPS) is 26.4. The van der Waals surface area contributed by atoms with E-state index in [4.69, 9.17) is 0 Å². The SMILES string of the molecule is CC(C)=CC[C@@]12C(=O)/C(=C(/O)c3ccccc3)C(=O)[C@@](Cc3ccccc3)(C[C@@H](Cc3ccccc3)C1(C)C)C2=O. The van der Waals surface area contributed by atoms with E-state index in [1.54, 1.807) is 24.3 Å². The van der Waals surface area contributed by atoms with Crippen LogP contribution in [0, 0.1) is 22.2 Å². The third kappa shape index (κ3) is 4.60. The molecule has 41 heavy (non-hydrogen) atoms. The molecule has 0 spiro atoms. The zero-order valence-electron chi connectivity index (χ0n) is 24.3. The van der Waals surface area contributed by atoms with E-state index in [0.717, 1.165) is 16.7 Å². The number of hydrogen-bond donors (Lipinski definition) is 1. The molecule has 2 bridgehead atoms. The van der Waals surface area contributed by atoms with Crippen molar-refractivity contribution in [3.05, 3.63) is 125 Å². The van der Waals surface area contributed by atoms with Gasteiger partial charge in [0.15, 0.2) is 17.3 Å². The quantitative estimate of drug-likeness (QED) is 0.109. The highest BCUT2D eigenvalue weighted by Gasteiger charge is 2.73. The van der Waals surface area contributed by atoms with Gasteiger partial charge in [0.05, 0.1) is 5.41 Å². The molecule has 0 unspecified atom stereocenters. The molecule has 3 aromatic rings. The predicted octanol–water partition coefficient (Wildman–Crippen LogP) is 7.54. The highest BCUT2D eigenvalue weighted by atomic mass is 16.3. The topological polar surface area (TPSA) is 71.4 Å². The minimum atomic E-state index is -1.51. The number of carbonyl (C=O) groups is 3. The molecule has 2 aliphatic carbocycles. The monoisotopic (exact) mass is 546 g/mol. The fourth-order valence-corrected chi connectivity index (χ4v) is 7.13. The molecule has 210 valence electrons. The Morgan fingerprint density at radius 2 is 1.34 bits per heavy atom. The summed E-state index contributed by atoms with van der Waals surface area (Å²) < 4.78 is 0. The van der Waals surface area contributed by atoms with Crippen LogP contribution in [0.15, 0.2) is 108 Å². The number of benzene rings is 3. The second-order valence-electron chi connectivity index (χ2n) is 12.5. The summed E-state index contributed by atoms with van der Waals surface area (Å²) in [6.45, 7) is 7.92. The summed E-state index contributed by atoms with van der Waals surface area (Å²) in [5.74, 6) is -1.90. The van der Waals surface area contributed by atoms with Gasteiger partial charge < -0.3 is 5.11 Å². The van der Waals surface area contributed by atoms with Crippen molar-refractivity contribution >= 4 is 23.1 Å². The molecule has 3 atom stereocenters. The molecule has 4 heteroatoms. The van der Waals surface area contributed by atoms with Gasteiger partial charge in [-0.2, -0.15) is 0 Å². The standard InChI is InChI=1S/C37H38O4/c1-25(2)20-21-37-33(40)30(31(38)28-18-12-7-13-19-28)32(39)36(34(37)41,23-27-16-10-6-11-17-27)24-29(35(37,3)4)22-26-14-8-5-9-15-26/h5-20,29,38H,21-24H2,1-4H3/b31-30+/t29-,36-,37+/m1/s1. The van der Waals surface area contributed by atoms with Crippen LogP contribution in [0.25, 0.3) is 5.76 Å². The van der Waals surface area contributed by atoms with Crippen molar-refractivity contribution in [1.29, 1.82) is 0 Å². The molecule has 0 aromatic heterocycles. The van der Waals surface area contributed by atoms with Crippen LogP contribution < -0.4 is 0 Å². The van der Waals surface area contributed by atoms with E-state index in [9.17, 15) is 14.7 Å². The molecule has 0 saturated heterocycles. The number of aliphatic hydroxyl groups excluding tert-OH is 1. The van der Waals surface area contributed by atoms with Crippen molar-refractivity contribution in [1.82, 2.24) is 0 Å². The van der Waals surface area contributed by atoms with Gasteiger partial charge in [-0.15, -0.1) is 0 Å². The summed E-state index contributed by atoms with van der Waals surface area (Å²) in [7, 11) is 0. The van der Waals surface area contributed by atoms with E-state index in [1.807, 2.05) is 88.4 Å². The van der Waals surface area contributed by atoms with E-state index >= 15 is 4.79 Å². The van der Waals surface area contributed by atoms with Crippen molar-refractivity contribution in [2.45, 2.75) is 53.4 Å². The summed E-state index contributed by atoms with van der Waals surface area (Å²) >= 11 is 0. The fourth-order valence-electron chi connectivity index (χ4n) is 7.13. The number of allylic oxidation sites excluding steroid dienone is 3. The van der Waals surface area contributed by atoms with Crippen molar-refractivity contribution in [3.63, 3.8) is 0 Å². The minimum Gasteiger partial charge on any atom is -0.506 e. The minimum absolute atomic E-state index is 0.134. The average Bonchev–Trinajstić information content (AvgIpc) is 2.96. The molecular formula is C37H38O4. The predicted molar refractivity (Wildman–Crippen MR) is 162 cm³/mol. The smallest absolute Gasteiger partial charge is 0.184 e. The molecule has 0 radical (unpaired) electrons. The lowest BCUT2D eigenvalue weighted by atomic mass is 9.38. The molecule has 2 saturated carbocycles. The lowest BCUT2D eigenvalue weighted by Gasteiger charge is -2.60. The summed E-state index contributed by atoms with van der Waals surface area (Å²) in [5.41, 5.74) is -0.677. The Bertz CT molecular complexity index is 1530. The van der Waals surface area contributed by atoms with Crippen LogP contribution >= 0.6 is 0 Å². The Kier molecular flexibility index (Phi) is 7.46. The summed E-state index contributed by atoms with van der Waals surface area (Å²) in [5, 5.41) is 11.6. The van der Waals surface area contributed by atoms with E-state index in [0.29, 0.717) is 18.4 Å². The van der Waals surface area contributed by atoms with Gasteiger partial charge in [-0.25, -0.2) is 0 Å². The maximum atomic E-state index is 15.0. The van der Waals surface area contributed by atoms with E-state index in [2.05, 4.69) is 12.1 Å². The Morgan fingerprint density at radius 3 is 1.90 bits per heavy atom. The molecule has 0 amide bonds. The molecule has 4 nitrogen and oxygen atoms in total. The van der Waals surface area contributed by atoms with Crippen LogP contribution in [0.3, 0.4) is 0 Å². The van der Waals surface area contributed by atoms with Crippen LogP contribution in [-0.2, 0) is 27.2 Å². The van der Waals surface area contributed by atoms with Gasteiger partial charge in [0.2, 0.25) is 0 Å². The molecule has 5 rings (SSSR count). The second-order valence-corrected chi connectivity index (χ2v) is 12.5. The van der Waals surface area contributed by atoms with Gasteiger partial charge in [-0.05, 0) is 62.0 Å². The Labute approximate surface area is 242 Å².